The number of hydrogen-bond acceptors (Lipinski definition) is 11. The van der Waals surface area contributed by atoms with Crippen LogP contribution < -0.4 is 0 Å². The quantitative estimate of drug-likeness (QED) is 0.0959. The standard InChI is InChI=1S/C29H32ClNO5.C26H34ClNO4/c1-6-18(2)15-19(3)7-10-22-16-24-25(17-31(22)14-13-21-8-11-23(33)12-9-21)27(34)29(5,36-20(4)32)28(35)26(24)30;1-8-17(4)13-18(5)9-10-20-14-21-22(15-28(20)12-11-16(2)3)24(30)26(7,32-19(6)29)25(31)23(21)27/h7-12,15-18,33H,6,13-14H2,1-5H3;9-10,13-17H,8,11-12H2,1-7H3/b10-7+,19-15+;10-9+,18-13+. The third-order valence-corrected chi connectivity index (χ3v) is 12.9. The maximum atomic E-state index is 13.4. The van der Waals surface area contributed by atoms with E-state index in [0.29, 0.717) is 48.4 Å². The van der Waals surface area contributed by atoms with Crippen molar-refractivity contribution >= 4 is 58.3 Å². The molecule has 4 atom stereocenters. The summed E-state index contributed by atoms with van der Waals surface area (Å²) in [5.41, 5.74) is 2.09. The van der Waals surface area contributed by atoms with Gasteiger partial charge in [0.15, 0.2) is 0 Å². The maximum Gasteiger partial charge on any atom is 0.304 e. The number of rotatable bonds is 16. The van der Waals surface area contributed by atoms with Crippen LogP contribution in [0.3, 0.4) is 0 Å². The number of fused-ring (bicyclic) bond motifs is 2. The zero-order chi connectivity index (χ0) is 50.8. The second-order valence-electron chi connectivity index (χ2n) is 18.5. The molecule has 2 aliphatic heterocycles. The van der Waals surface area contributed by atoms with Crippen molar-refractivity contribution in [1.82, 2.24) is 9.80 Å². The number of ether oxygens (including phenoxy) is 2. The normalized spacial score (nSPS) is 22.1. The van der Waals surface area contributed by atoms with E-state index in [0.717, 1.165) is 54.3 Å². The van der Waals surface area contributed by atoms with Crippen molar-refractivity contribution in [2.75, 3.05) is 13.1 Å². The van der Waals surface area contributed by atoms with Gasteiger partial charge in [0.2, 0.25) is 34.3 Å². The SMILES string of the molecule is CCC(C)/C=C(C)/C=C/C1=CC2=C(Cl)C(=O)C(C)(OC(C)=O)C(=O)C2=CN1CCC(C)C.CCC(C)/C=C(C)/C=C/C1=CC2=C(Cl)C(=O)C(C)(OC(C)=O)C(=O)C2=CN1CCc1ccc(O)cc1. The van der Waals surface area contributed by atoms with E-state index < -0.39 is 46.3 Å². The first-order chi connectivity index (χ1) is 31.9. The van der Waals surface area contributed by atoms with Gasteiger partial charge < -0.3 is 24.4 Å². The van der Waals surface area contributed by atoms with Gasteiger partial charge in [0.05, 0.1) is 10.1 Å². The summed E-state index contributed by atoms with van der Waals surface area (Å²) in [4.78, 5) is 79.7. The number of carbonyl (C=O) groups is 6. The Hall–Kier alpha value is -5.78. The van der Waals surface area contributed by atoms with Crippen LogP contribution in [0.15, 0.2) is 140 Å². The lowest BCUT2D eigenvalue weighted by Gasteiger charge is -2.35. The van der Waals surface area contributed by atoms with Gasteiger partial charge in [-0.15, -0.1) is 0 Å². The number of phenolic OH excluding ortho intramolecular Hbond substituents is 1. The molecule has 0 bridgehead atoms. The van der Waals surface area contributed by atoms with Gasteiger partial charge in [-0.1, -0.05) is 125 Å². The minimum Gasteiger partial charge on any atom is -0.508 e. The average molecular weight is 970 g/mol. The minimum absolute atomic E-state index is 0.0964. The number of aromatic hydroxyl groups is 1. The summed E-state index contributed by atoms with van der Waals surface area (Å²) >= 11 is 12.9. The summed E-state index contributed by atoms with van der Waals surface area (Å²) in [6.07, 6.45) is 22.9. The summed E-state index contributed by atoms with van der Waals surface area (Å²) in [5, 5.41) is 9.34. The molecular weight excluding hydrogens is 904 g/mol. The van der Waals surface area contributed by atoms with Crippen molar-refractivity contribution in [3.05, 3.63) is 146 Å². The number of ketones is 4. The largest absolute Gasteiger partial charge is 0.508 e. The van der Waals surface area contributed by atoms with Crippen molar-refractivity contribution in [2.45, 2.75) is 120 Å². The molecule has 364 valence electrons. The number of benzene rings is 1. The highest BCUT2D eigenvalue weighted by atomic mass is 35.5. The molecule has 68 heavy (non-hydrogen) atoms. The molecule has 1 aromatic rings. The molecule has 11 nitrogen and oxygen atoms in total. The Bertz CT molecular complexity index is 2510. The van der Waals surface area contributed by atoms with Gasteiger partial charge in [-0.2, -0.15) is 0 Å². The van der Waals surface area contributed by atoms with Crippen LogP contribution in [0.5, 0.6) is 5.75 Å². The van der Waals surface area contributed by atoms with Crippen LogP contribution in [0.2, 0.25) is 0 Å². The maximum absolute atomic E-state index is 13.4. The van der Waals surface area contributed by atoms with E-state index in [9.17, 15) is 33.9 Å². The van der Waals surface area contributed by atoms with Crippen molar-refractivity contribution in [3.63, 3.8) is 0 Å². The summed E-state index contributed by atoms with van der Waals surface area (Å²) < 4.78 is 10.3. The van der Waals surface area contributed by atoms with Crippen molar-refractivity contribution in [1.29, 1.82) is 0 Å². The predicted molar refractivity (Wildman–Crippen MR) is 268 cm³/mol. The molecule has 2 heterocycles. The Labute approximate surface area is 412 Å². The minimum atomic E-state index is -2.00. The van der Waals surface area contributed by atoms with Crippen LogP contribution >= 0.6 is 23.2 Å². The summed E-state index contributed by atoms with van der Waals surface area (Å²) in [7, 11) is 0. The third kappa shape index (κ3) is 13.3. The average Bonchev–Trinajstić information content (AvgIpc) is 3.28. The molecule has 0 saturated carbocycles. The molecule has 0 spiro atoms. The molecule has 0 aromatic heterocycles. The van der Waals surface area contributed by atoms with Crippen LogP contribution in [0.25, 0.3) is 0 Å². The molecule has 0 amide bonds. The van der Waals surface area contributed by atoms with E-state index in [1.165, 1.54) is 20.8 Å². The van der Waals surface area contributed by atoms with Gasteiger partial charge in [0, 0.05) is 73.0 Å². The van der Waals surface area contributed by atoms with Crippen molar-refractivity contribution < 1.29 is 43.3 Å². The number of nitrogens with zero attached hydrogens (tertiary/aromatic N) is 2. The van der Waals surface area contributed by atoms with E-state index in [1.54, 1.807) is 36.7 Å². The molecule has 1 aromatic carbocycles. The number of phenols is 1. The second-order valence-corrected chi connectivity index (χ2v) is 19.3. The molecule has 0 radical (unpaired) electrons. The highest BCUT2D eigenvalue weighted by Gasteiger charge is 2.53. The third-order valence-electron chi connectivity index (χ3n) is 12.1. The monoisotopic (exact) mass is 968 g/mol. The lowest BCUT2D eigenvalue weighted by molar-refractivity contribution is -0.167. The van der Waals surface area contributed by atoms with E-state index in [-0.39, 0.29) is 27.0 Å². The Morgan fingerprint density at radius 1 is 0.662 bits per heavy atom. The van der Waals surface area contributed by atoms with Crippen LogP contribution in [0.4, 0.5) is 0 Å². The number of Topliss-reactive ketones (excluding diaryl/α,β-unsaturated/α-hetero) is 4. The highest BCUT2D eigenvalue weighted by Crippen LogP contribution is 2.41. The van der Waals surface area contributed by atoms with Gasteiger partial charge in [-0.3, -0.25) is 28.8 Å². The summed E-state index contributed by atoms with van der Waals surface area (Å²) in [6, 6.07) is 6.94. The van der Waals surface area contributed by atoms with Crippen LogP contribution in [-0.2, 0) is 44.7 Å². The van der Waals surface area contributed by atoms with E-state index in [1.807, 2.05) is 53.2 Å². The highest BCUT2D eigenvalue weighted by molar-refractivity contribution is 6.50. The first-order valence-corrected chi connectivity index (χ1v) is 23.9. The molecule has 4 aliphatic rings. The molecular formula is C55H66Cl2N2O9. The predicted octanol–water partition coefficient (Wildman–Crippen LogP) is 11.2. The molecule has 4 unspecified atom stereocenters. The zero-order valence-electron chi connectivity index (χ0n) is 41.4. The lowest BCUT2D eigenvalue weighted by Crippen LogP contribution is -2.52. The van der Waals surface area contributed by atoms with Crippen LogP contribution in [0.1, 0.15) is 108 Å². The Kier molecular flexibility index (Phi) is 18.9. The molecule has 0 saturated heterocycles. The van der Waals surface area contributed by atoms with E-state index in [4.69, 9.17) is 32.7 Å². The summed E-state index contributed by atoms with van der Waals surface area (Å²) in [5.74, 6) is -2.46. The number of halogens is 2. The van der Waals surface area contributed by atoms with Gasteiger partial charge in [0.1, 0.15) is 5.75 Å². The van der Waals surface area contributed by atoms with E-state index >= 15 is 0 Å². The smallest absolute Gasteiger partial charge is 0.304 e. The number of hydrogen-bond donors (Lipinski definition) is 1. The molecule has 1 N–H and O–H groups in total. The Morgan fingerprint density at radius 2 is 1.06 bits per heavy atom. The molecule has 5 rings (SSSR count). The fourth-order valence-electron chi connectivity index (χ4n) is 7.75. The number of esters is 2. The van der Waals surface area contributed by atoms with Crippen LogP contribution in [-0.4, -0.2) is 74.3 Å². The van der Waals surface area contributed by atoms with Crippen molar-refractivity contribution in [2.24, 2.45) is 17.8 Å². The van der Waals surface area contributed by atoms with Gasteiger partial charge >= 0.3 is 11.9 Å². The first kappa shape index (κ1) is 54.8. The first-order valence-electron chi connectivity index (χ1n) is 23.2. The lowest BCUT2D eigenvalue weighted by atomic mass is 9.79. The van der Waals surface area contributed by atoms with Gasteiger partial charge in [0.25, 0.3) is 0 Å². The molecule has 13 heteroatoms. The number of carbonyl (C=O) groups excluding carboxylic acids is 6. The van der Waals surface area contributed by atoms with Crippen molar-refractivity contribution in [3.8, 4) is 5.75 Å². The topological polar surface area (TPSA) is 148 Å². The molecule has 2 aliphatic carbocycles. The Morgan fingerprint density at radius 3 is 1.43 bits per heavy atom. The van der Waals surface area contributed by atoms with Gasteiger partial charge in [-0.05, 0) is 100 Å². The van der Waals surface area contributed by atoms with Gasteiger partial charge in [-0.25, -0.2) is 0 Å². The number of allylic oxidation sites excluding steroid dienone is 12. The fourth-order valence-corrected chi connectivity index (χ4v) is 8.42. The Balaban J connectivity index is 0.000000299. The van der Waals surface area contributed by atoms with Crippen LogP contribution in [0, 0.1) is 17.8 Å². The molecule has 0 fully saturated rings. The zero-order valence-corrected chi connectivity index (χ0v) is 42.9. The fraction of sp³-hybridized carbons (Fsp3) is 0.418. The second kappa shape index (κ2) is 23.5. The summed E-state index contributed by atoms with van der Waals surface area (Å²) in [6.45, 7) is 23.1. The van der Waals surface area contributed by atoms with E-state index in [2.05, 4.69) is 60.6 Å².